The van der Waals surface area contributed by atoms with Gasteiger partial charge in [-0.2, -0.15) is 0 Å². The first-order valence-electron chi connectivity index (χ1n) is 8.25. The van der Waals surface area contributed by atoms with E-state index < -0.39 is 9.84 Å². The van der Waals surface area contributed by atoms with Crippen LogP contribution in [0.25, 0.3) is 0 Å². The zero-order chi connectivity index (χ0) is 18.7. The van der Waals surface area contributed by atoms with E-state index in [1.807, 2.05) is 30.1 Å². The van der Waals surface area contributed by atoms with E-state index in [1.165, 1.54) is 6.20 Å². The first kappa shape index (κ1) is 18.7. The number of hydrogen-bond donors (Lipinski definition) is 1. The second-order valence-electron chi connectivity index (χ2n) is 6.37. The Bertz CT molecular complexity index is 917. The van der Waals surface area contributed by atoms with Gasteiger partial charge in [-0.1, -0.05) is 29.8 Å². The van der Waals surface area contributed by atoms with E-state index in [1.54, 1.807) is 18.3 Å². The largest absolute Gasteiger partial charge is 0.369 e. The molecule has 1 aliphatic heterocycles. The molecule has 2 aromatic rings. The molecule has 1 saturated heterocycles. The molecule has 0 saturated carbocycles. The van der Waals surface area contributed by atoms with Crippen LogP contribution < -0.4 is 10.2 Å². The highest BCUT2D eigenvalue weighted by atomic mass is 35.5. The van der Waals surface area contributed by atoms with Crippen molar-refractivity contribution in [3.8, 4) is 0 Å². The highest BCUT2D eigenvalue weighted by molar-refractivity contribution is 7.91. The summed E-state index contributed by atoms with van der Waals surface area (Å²) in [7, 11) is -1.14. The Morgan fingerprint density at radius 3 is 2.81 bits per heavy atom. The van der Waals surface area contributed by atoms with Gasteiger partial charge in [0.1, 0.15) is 0 Å². The number of hydrogen-bond acceptors (Lipinski definition) is 5. The third-order valence-corrected chi connectivity index (χ3v) is 6.67. The number of anilines is 1. The summed E-state index contributed by atoms with van der Waals surface area (Å²) in [6.07, 6.45) is 3.71. The monoisotopic (exact) mass is 393 g/mol. The molecular formula is C18H20ClN3O3S. The van der Waals surface area contributed by atoms with Gasteiger partial charge in [-0.3, -0.25) is 9.78 Å². The number of sulfone groups is 1. The van der Waals surface area contributed by atoms with Crippen molar-refractivity contribution in [1.82, 2.24) is 10.3 Å². The average molecular weight is 394 g/mol. The van der Waals surface area contributed by atoms with Crippen LogP contribution in [0.5, 0.6) is 0 Å². The van der Waals surface area contributed by atoms with Crippen molar-refractivity contribution in [2.45, 2.75) is 19.0 Å². The maximum absolute atomic E-state index is 12.4. The van der Waals surface area contributed by atoms with Crippen molar-refractivity contribution in [2.75, 3.05) is 23.5 Å². The molecule has 1 fully saturated rings. The van der Waals surface area contributed by atoms with E-state index in [0.717, 1.165) is 11.3 Å². The molecule has 1 unspecified atom stereocenters. The lowest BCUT2D eigenvalue weighted by Gasteiger charge is -2.25. The van der Waals surface area contributed by atoms with Crippen LogP contribution in [-0.2, 0) is 16.4 Å². The smallest absolute Gasteiger partial charge is 0.253 e. The molecule has 2 heterocycles. The highest BCUT2D eigenvalue weighted by Crippen LogP contribution is 2.23. The molecule has 1 aromatic carbocycles. The Morgan fingerprint density at radius 2 is 2.12 bits per heavy atom. The van der Waals surface area contributed by atoms with Gasteiger partial charge in [0.25, 0.3) is 5.91 Å². The fourth-order valence-corrected chi connectivity index (χ4v) is 4.93. The number of pyridine rings is 1. The Labute approximate surface area is 158 Å². The molecular weight excluding hydrogens is 374 g/mol. The molecule has 1 N–H and O–H groups in total. The molecule has 0 spiro atoms. The van der Waals surface area contributed by atoms with E-state index in [4.69, 9.17) is 11.6 Å². The van der Waals surface area contributed by atoms with E-state index in [9.17, 15) is 13.2 Å². The standard InChI is InChI=1S/C18H20ClN3O3S/c1-22(15-6-7-26(24,25)12-15)16-8-14(9-20-11-16)18(23)21-10-13-4-2-3-5-17(13)19/h2-5,8-9,11,15H,6-7,10,12H2,1H3,(H,21,23). The van der Waals surface area contributed by atoms with Gasteiger partial charge in [-0.05, 0) is 24.1 Å². The van der Waals surface area contributed by atoms with Crippen molar-refractivity contribution in [3.63, 3.8) is 0 Å². The Balaban J connectivity index is 1.68. The van der Waals surface area contributed by atoms with Crippen LogP contribution in [0.2, 0.25) is 5.02 Å². The summed E-state index contributed by atoms with van der Waals surface area (Å²) < 4.78 is 23.4. The zero-order valence-corrected chi connectivity index (χ0v) is 15.9. The highest BCUT2D eigenvalue weighted by Gasteiger charge is 2.31. The third-order valence-electron chi connectivity index (χ3n) is 4.55. The minimum absolute atomic E-state index is 0.0942. The van der Waals surface area contributed by atoms with Crippen molar-refractivity contribution in [3.05, 3.63) is 58.9 Å². The first-order valence-corrected chi connectivity index (χ1v) is 10.5. The number of aromatic nitrogens is 1. The molecule has 26 heavy (non-hydrogen) atoms. The molecule has 138 valence electrons. The van der Waals surface area contributed by atoms with Gasteiger partial charge in [0, 0.05) is 30.9 Å². The van der Waals surface area contributed by atoms with Crippen LogP contribution in [0.1, 0.15) is 22.3 Å². The van der Waals surface area contributed by atoms with Crippen molar-refractivity contribution < 1.29 is 13.2 Å². The van der Waals surface area contributed by atoms with E-state index in [2.05, 4.69) is 10.3 Å². The second-order valence-corrected chi connectivity index (χ2v) is 9.01. The Morgan fingerprint density at radius 1 is 1.35 bits per heavy atom. The van der Waals surface area contributed by atoms with E-state index in [-0.39, 0.29) is 23.5 Å². The lowest BCUT2D eigenvalue weighted by atomic mass is 10.2. The summed E-state index contributed by atoms with van der Waals surface area (Å²) in [6, 6.07) is 8.95. The minimum Gasteiger partial charge on any atom is -0.369 e. The van der Waals surface area contributed by atoms with Crippen LogP contribution in [0.4, 0.5) is 5.69 Å². The lowest BCUT2D eigenvalue weighted by molar-refractivity contribution is 0.0950. The third kappa shape index (κ3) is 4.34. The fourth-order valence-electron chi connectivity index (χ4n) is 2.96. The number of rotatable bonds is 5. The molecule has 3 rings (SSSR count). The summed E-state index contributed by atoms with van der Waals surface area (Å²) in [6.45, 7) is 0.319. The van der Waals surface area contributed by atoms with Gasteiger partial charge < -0.3 is 10.2 Å². The molecule has 0 aliphatic carbocycles. The quantitative estimate of drug-likeness (QED) is 0.843. The van der Waals surface area contributed by atoms with Crippen molar-refractivity contribution in [2.24, 2.45) is 0 Å². The lowest BCUT2D eigenvalue weighted by Crippen LogP contribution is -2.33. The molecule has 8 heteroatoms. The normalized spacial score (nSPS) is 18.5. The summed E-state index contributed by atoms with van der Waals surface area (Å²) in [5.74, 6) is 0.0755. The minimum atomic E-state index is -2.97. The van der Waals surface area contributed by atoms with Gasteiger partial charge >= 0.3 is 0 Å². The van der Waals surface area contributed by atoms with Crippen LogP contribution in [0.3, 0.4) is 0 Å². The predicted octanol–water partition coefficient (Wildman–Crippen LogP) is 2.29. The molecule has 0 radical (unpaired) electrons. The van der Waals surface area contributed by atoms with Gasteiger partial charge in [0.2, 0.25) is 0 Å². The van der Waals surface area contributed by atoms with Gasteiger partial charge in [-0.15, -0.1) is 0 Å². The molecule has 6 nitrogen and oxygen atoms in total. The maximum Gasteiger partial charge on any atom is 0.253 e. The Hall–Kier alpha value is -2.12. The topological polar surface area (TPSA) is 79.4 Å². The van der Waals surface area contributed by atoms with Gasteiger partial charge in [-0.25, -0.2) is 8.42 Å². The summed E-state index contributed by atoms with van der Waals surface area (Å²) in [5.41, 5.74) is 1.97. The number of halogens is 1. The van der Waals surface area contributed by atoms with Crippen LogP contribution in [0.15, 0.2) is 42.7 Å². The van der Waals surface area contributed by atoms with Gasteiger partial charge in [0.15, 0.2) is 9.84 Å². The van der Waals surface area contributed by atoms with Crippen molar-refractivity contribution >= 4 is 33.0 Å². The number of amides is 1. The number of nitrogens with one attached hydrogen (secondary N) is 1. The molecule has 1 aliphatic rings. The van der Waals surface area contributed by atoms with Crippen LogP contribution in [0, 0.1) is 0 Å². The number of carbonyl (C=O) groups excluding carboxylic acids is 1. The van der Waals surface area contributed by atoms with Crippen LogP contribution in [-0.4, -0.2) is 43.9 Å². The summed E-state index contributed by atoms with van der Waals surface area (Å²) in [4.78, 5) is 18.4. The zero-order valence-electron chi connectivity index (χ0n) is 14.4. The number of benzene rings is 1. The fraction of sp³-hybridized carbons (Fsp3) is 0.333. The second kappa shape index (κ2) is 7.63. The molecule has 1 amide bonds. The Kier molecular flexibility index (Phi) is 5.48. The van der Waals surface area contributed by atoms with E-state index in [0.29, 0.717) is 23.6 Å². The average Bonchev–Trinajstić information content (AvgIpc) is 3.00. The maximum atomic E-state index is 12.4. The van der Waals surface area contributed by atoms with E-state index >= 15 is 0 Å². The molecule has 0 bridgehead atoms. The first-order chi connectivity index (χ1) is 12.4. The predicted molar refractivity (Wildman–Crippen MR) is 102 cm³/mol. The molecule has 1 aromatic heterocycles. The summed E-state index contributed by atoms with van der Waals surface area (Å²) in [5, 5.41) is 3.43. The SMILES string of the molecule is CN(c1cncc(C(=O)NCc2ccccc2Cl)c1)C1CCS(=O)(=O)C1. The molecule has 1 atom stereocenters. The van der Waals surface area contributed by atoms with Gasteiger partial charge in [0.05, 0.1) is 29.0 Å². The summed E-state index contributed by atoms with van der Waals surface area (Å²) >= 11 is 6.10. The van der Waals surface area contributed by atoms with Crippen molar-refractivity contribution in [1.29, 1.82) is 0 Å². The number of carbonyl (C=O) groups is 1. The number of nitrogens with zero attached hydrogens (tertiary/aromatic N) is 2. The van der Waals surface area contributed by atoms with Crippen LogP contribution >= 0.6 is 11.6 Å².